The third-order valence-electron chi connectivity index (χ3n) is 3.23. The molecule has 0 spiro atoms. The van der Waals surface area contributed by atoms with Crippen LogP contribution in [0.15, 0.2) is 47.2 Å². The van der Waals surface area contributed by atoms with E-state index in [9.17, 15) is 4.79 Å². The lowest BCUT2D eigenvalue weighted by atomic mass is 10.1. The lowest BCUT2D eigenvalue weighted by Crippen LogP contribution is -2.32. The number of nitrogens with zero attached hydrogens (tertiary/aromatic N) is 2. The van der Waals surface area contributed by atoms with Crippen molar-refractivity contribution in [2.75, 3.05) is 13.2 Å². The number of carbonyl (C=O) groups is 1. The smallest absolute Gasteiger partial charge is 0.257 e. The van der Waals surface area contributed by atoms with Crippen molar-refractivity contribution in [2.24, 2.45) is 0 Å². The van der Waals surface area contributed by atoms with Gasteiger partial charge in [-0.05, 0) is 34.1 Å². The van der Waals surface area contributed by atoms with E-state index in [0.29, 0.717) is 29.9 Å². The number of hydrogen-bond acceptors (Lipinski definition) is 3. The van der Waals surface area contributed by atoms with Crippen molar-refractivity contribution in [1.29, 1.82) is 0 Å². The third-order valence-corrected chi connectivity index (χ3v) is 3.86. The zero-order valence-corrected chi connectivity index (χ0v) is 12.3. The molecular formula is C15H13BrN2O2. The van der Waals surface area contributed by atoms with Gasteiger partial charge in [0, 0.05) is 18.3 Å². The minimum Gasteiger partial charge on any atom is -0.491 e. The molecule has 5 heteroatoms. The van der Waals surface area contributed by atoms with Crippen LogP contribution in [-0.2, 0) is 6.54 Å². The van der Waals surface area contributed by atoms with Gasteiger partial charge >= 0.3 is 0 Å². The van der Waals surface area contributed by atoms with Crippen LogP contribution in [0.3, 0.4) is 0 Å². The van der Waals surface area contributed by atoms with Gasteiger partial charge in [-0.3, -0.25) is 4.79 Å². The summed E-state index contributed by atoms with van der Waals surface area (Å²) >= 11 is 3.32. The highest BCUT2D eigenvalue weighted by Crippen LogP contribution is 2.24. The molecule has 0 radical (unpaired) electrons. The number of aromatic nitrogens is 1. The predicted octanol–water partition coefficient (Wildman–Crippen LogP) is 2.88. The fraction of sp³-hybridized carbons (Fsp3) is 0.200. The molecular weight excluding hydrogens is 320 g/mol. The van der Waals surface area contributed by atoms with E-state index >= 15 is 0 Å². The number of amides is 1. The average Bonchev–Trinajstić information content (AvgIpc) is 2.69. The quantitative estimate of drug-likeness (QED) is 0.754. The van der Waals surface area contributed by atoms with Crippen LogP contribution in [0.4, 0.5) is 0 Å². The fourth-order valence-corrected chi connectivity index (χ4v) is 2.63. The van der Waals surface area contributed by atoms with Crippen LogP contribution in [0, 0.1) is 0 Å². The molecule has 0 unspecified atom stereocenters. The Bertz CT molecular complexity index is 645. The molecule has 3 rings (SSSR count). The minimum absolute atomic E-state index is 0.0368. The molecule has 102 valence electrons. The number of carbonyl (C=O) groups excluding carboxylic acids is 1. The minimum atomic E-state index is -0.0368. The van der Waals surface area contributed by atoms with Gasteiger partial charge in [-0.15, -0.1) is 0 Å². The summed E-state index contributed by atoms with van der Waals surface area (Å²) in [5.41, 5.74) is 1.60. The van der Waals surface area contributed by atoms with Crippen molar-refractivity contribution in [3.8, 4) is 5.75 Å². The molecule has 0 fully saturated rings. The zero-order valence-electron chi connectivity index (χ0n) is 10.8. The maximum atomic E-state index is 12.6. The lowest BCUT2D eigenvalue weighted by Gasteiger charge is -2.20. The van der Waals surface area contributed by atoms with E-state index < -0.39 is 0 Å². The van der Waals surface area contributed by atoms with Crippen molar-refractivity contribution in [3.05, 3.63) is 58.3 Å². The molecule has 1 aromatic heterocycles. The molecule has 1 aromatic carbocycles. The molecule has 20 heavy (non-hydrogen) atoms. The number of fused-ring (bicyclic) bond motifs is 1. The summed E-state index contributed by atoms with van der Waals surface area (Å²) < 4.78 is 6.25. The van der Waals surface area contributed by atoms with Gasteiger partial charge in [-0.25, -0.2) is 4.98 Å². The Hall–Kier alpha value is -1.88. The van der Waals surface area contributed by atoms with Crippen LogP contribution in [0.25, 0.3) is 0 Å². The topological polar surface area (TPSA) is 42.4 Å². The zero-order chi connectivity index (χ0) is 13.9. The Labute approximate surface area is 125 Å². The Kier molecular flexibility index (Phi) is 3.69. The molecule has 0 atom stereocenters. The molecule has 0 saturated carbocycles. The van der Waals surface area contributed by atoms with Crippen LogP contribution in [0.5, 0.6) is 5.75 Å². The number of hydrogen-bond donors (Lipinski definition) is 0. The van der Waals surface area contributed by atoms with E-state index in [2.05, 4.69) is 20.9 Å². The molecule has 1 amide bonds. The van der Waals surface area contributed by atoms with E-state index in [-0.39, 0.29) is 5.91 Å². The summed E-state index contributed by atoms with van der Waals surface area (Å²) in [7, 11) is 0. The SMILES string of the molecule is O=C(c1cccnc1Br)N1CCOc2ccccc2C1. The fourth-order valence-electron chi connectivity index (χ4n) is 2.21. The van der Waals surface area contributed by atoms with Crippen LogP contribution < -0.4 is 4.74 Å². The number of rotatable bonds is 1. The second-order valence-electron chi connectivity index (χ2n) is 4.52. The van der Waals surface area contributed by atoms with Gasteiger partial charge in [-0.2, -0.15) is 0 Å². The molecule has 1 aliphatic heterocycles. The Balaban J connectivity index is 1.88. The Morgan fingerprint density at radius 2 is 2.10 bits per heavy atom. The summed E-state index contributed by atoms with van der Waals surface area (Å²) in [6.07, 6.45) is 1.65. The Morgan fingerprint density at radius 3 is 2.95 bits per heavy atom. The molecule has 1 aliphatic rings. The Morgan fingerprint density at radius 1 is 1.25 bits per heavy atom. The number of para-hydroxylation sites is 1. The standard InChI is InChI=1S/C15H13BrN2O2/c16-14-12(5-3-7-17-14)15(19)18-8-9-20-13-6-2-1-4-11(13)10-18/h1-7H,8-10H2. The highest BCUT2D eigenvalue weighted by molar-refractivity contribution is 9.10. The van der Waals surface area contributed by atoms with E-state index in [4.69, 9.17) is 4.74 Å². The maximum absolute atomic E-state index is 12.6. The van der Waals surface area contributed by atoms with Crippen LogP contribution in [-0.4, -0.2) is 28.9 Å². The normalized spacial score (nSPS) is 14.2. The first kappa shape index (κ1) is 13.1. The molecule has 4 nitrogen and oxygen atoms in total. The number of halogens is 1. The van der Waals surface area contributed by atoms with Crippen LogP contribution in [0.2, 0.25) is 0 Å². The molecule has 0 N–H and O–H groups in total. The van der Waals surface area contributed by atoms with Crippen LogP contribution >= 0.6 is 15.9 Å². The lowest BCUT2D eigenvalue weighted by molar-refractivity contribution is 0.0732. The van der Waals surface area contributed by atoms with Crippen LogP contribution in [0.1, 0.15) is 15.9 Å². The summed E-state index contributed by atoms with van der Waals surface area (Å²) in [4.78, 5) is 18.5. The maximum Gasteiger partial charge on any atom is 0.257 e. The average molecular weight is 333 g/mol. The number of pyridine rings is 1. The van der Waals surface area contributed by atoms with E-state index in [0.717, 1.165) is 11.3 Å². The first-order chi connectivity index (χ1) is 9.75. The highest BCUT2D eigenvalue weighted by Gasteiger charge is 2.22. The van der Waals surface area contributed by atoms with Gasteiger partial charge < -0.3 is 9.64 Å². The van der Waals surface area contributed by atoms with Gasteiger partial charge in [-0.1, -0.05) is 18.2 Å². The summed E-state index contributed by atoms with van der Waals surface area (Å²) in [6.45, 7) is 1.62. The summed E-state index contributed by atoms with van der Waals surface area (Å²) in [6, 6.07) is 11.4. The second-order valence-corrected chi connectivity index (χ2v) is 5.28. The molecule has 2 aromatic rings. The number of benzene rings is 1. The van der Waals surface area contributed by atoms with E-state index in [1.165, 1.54) is 0 Å². The highest BCUT2D eigenvalue weighted by atomic mass is 79.9. The van der Waals surface area contributed by atoms with Gasteiger partial charge in [0.15, 0.2) is 0 Å². The molecule has 0 aliphatic carbocycles. The monoisotopic (exact) mass is 332 g/mol. The van der Waals surface area contributed by atoms with Gasteiger partial charge in [0.1, 0.15) is 17.0 Å². The third kappa shape index (κ3) is 2.54. The number of ether oxygens (including phenoxy) is 1. The van der Waals surface area contributed by atoms with Gasteiger partial charge in [0.25, 0.3) is 5.91 Å². The van der Waals surface area contributed by atoms with Gasteiger partial charge in [0.2, 0.25) is 0 Å². The first-order valence-corrected chi connectivity index (χ1v) is 7.15. The summed E-state index contributed by atoms with van der Waals surface area (Å²) in [5.74, 6) is 0.818. The van der Waals surface area contributed by atoms with E-state index in [1.807, 2.05) is 24.3 Å². The largest absolute Gasteiger partial charge is 0.491 e. The van der Waals surface area contributed by atoms with Crippen molar-refractivity contribution in [3.63, 3.8) is 0 Å². The second kappa shape index (κ2) is 5.63. The van der Waals surface area contributed by atoms with E-state index in [1.54, 1.807) is 23.2 Å². The van der Waals surface area contributed by atoms with Crippen molar-refractivity contribution in [1.82, 2.24) is 9.88 Å². The molecule has 2 heterocycles. The first-order valence-electron chi connectivity index (χ1n) is 6.36. The van der Waals surface area contributed by atoms with Crippen molar-refractivity contribution >= 4 is 21.8 Å². The molecule has 0 bridgehead atoms. The predicted molar refractivity (Wildman–Crippen MR) is 78.6 cm³/mol. The van der Waals surface area contributed by atoms with Crippen molar-refractivity contribution in [2.45, 2.75) is 6.54 Å². The molecule has 0 saturated heterocycles. The summed E-state index contributed by atoms with van der Waals surface area (Å²) in [5, 5.41) is 0. The van der Waals surface area contributed by atoms with Gasteiger partial charge in [0.05, 0.1) is 12.1 Å². The van der Waals surface area contributed by atoms with Crippen molar-refractivity contribution < 1.29 is 9.53 Å².